The molecule has 0 fully saturated rings. The second-order valence-corrected chi connectivity index (χ2v) is 8.08. The van der Waals surface area contributed by atoms with Gasteiger partial charge in [0.15, 0.2) is 0 Å². The SMILES string of the molecule is CN(Cc1ccc(C(C)(C)C)cc1)S(=O)(=O)CCl. The Hall–Kier alpha value is -0.580. The van der Waals surface area contributed by atoms with Gasteiger partial charge in [-0.2, -0.15) is 4.31 Å². The van der Waals surface area contributed by atoms with Crippen molar-refractivity contribution in [1.82, 2.24) is 4.31 Å². The summed E-state index contributed by atoms with van der Waals surface area (Å²) in [6, 6.07) is 7.99. The van der Waals surface area contributed by atoms with Crippen LogP contribution in [0.15, 0.2) is 24.3 Å². The number of alkyl halides is 1. The van der Waals surface area contributed by atoms with Gasteiger partial charge in [-0.3, -0.25) is 0 Å². The van der Waals surface area contributed by atoms with Crippen molar-refractivity contribution in [3.63, 3.8) is 0 Å². The molecule has 0 spiro atoms. The fourth-order valence-corrected chi connectivity index (χ4v) is 2.56. The van der Waals surface area contributed by atoms with E-state index in [4.69, 9.17) is 11.6 Å². The fourth-order valence-electron chi connectivity index (χ4n) is 1.55. The number of hydrogen-bond donors (Lipinski definition) is 0. The van der Waals surface area contributed by atoms with Crippen LogP contribution in [0, 0.1) is 0 Å². The van der Waals surface area contributed by atoms with E-state index in [1.54, 1.807) is 0 Å². The van der Waals surface area contributed by atoms with E-state index in [0.717, 1.165) is 5.56 Å². The minimum atomic E-state index is -3.34. The van der Waals surface area contributed by atoms with Crippen LogP contribution in [0.5, 0.6) is 0 Å². The van der Waals surface area contributed by atoms with Crippen molar-refractivity contribution in [2.24, 2.45) is 0 Å². The van der Waals surface area contributed by atoms with Crippen LogP contribution in [0.25, 0.3) is 0 Å². The van der Waals surface area contributed by atoms with Crippen molar-refractivity contribution in [2.75, 3.05) is 12.3 Å². The van der Waals surface area contributed by atoms with Crippen LogP contribution >= 0.6 is 11.6 Å². The molecule has 1 aromatic rings. The molecule has 0 bridgehead atoms. The molecule has 5 heteroatoms. The van der Waals surface area contributed by atoms with Gasteiger partial charge in [-0.25, -0.2) is 8.42 Å². The summed E-state index contributed by atoms with van der Waals surface area (Å²) in [6.07, 6.45) is 0. The number of halogens is 1. The first kappa shape index (κ1) is 15.5. The summed E-state index contributed by atoms with van der Waals surface area (Å²) in [5.74, 6) is 0. The van der Waals surface area contributed by atoms with Crippen molar-refractivity contribution >= 4 is 21.6 Å². The summed E-state index contributed by atoms with van der Waals surface area (Å²) in [5, 5.41) is -0.385. The molecule has 0 atom stereocenters. The number of hydrogen-bond acceptors (Lipinski definition) is 2. The normalized spacial score (nSPS) is 13.0. The third-order valence-corrected chi connectivity index (χ3v) is 5.02. The van der Waals surface area contributed by atoms with E-state index in [0.29, 0.717) is 6.54 Å². The first-order valence-electron chi connectivity index (χ1n) is 5.76. The number of nitrogens with zero attached hydrogens (tertiary/aromatic N) is 1. The van der Waals surface area contributed by atoms with Gasteiger partial charge in [0.25, 0.3) is 0 Å². The highest BCUT2D eigenvalue weighted by Crippen LogP contribution is 2.22. The Balaban J connectivity index is 2.82. The Morgan fingerprint density at radius 3 is 2.06 bits per heavy atom. The molecule has 1 rings (SSSR count). The predicted molar refractivity (Wildman–Crippen MR) is 76.2 cm³/mol. The van der Waals surface area contributed by atoms with Crippen LogP contribution in [0.4, 0.5) is 0 Å². The average Bonchev–Trinajstić information content (AvgIpc) is 2.28. The molecule has 0 saturated heterocycles. The van der Waals surface area contributed by atoms with Crippen LogP contribution in [-0.4, -0.2) is 25.0 Å². The van der Waals surface area contributed by atoms with Crippen molar-refractivity contribution in [3.05, 3.63) is 35.4 Å². The summed E-state index contributed by atoms with van der Waals surface area (Å²) in [6.45, 7) is 6.78. The molecule has 1 aromatic carbocycles. The maximum Gasteiger partial charge on any atom is 0.228 e. The van der Waals surface area contributed by atoms with E-state index in [1.807, 2.05) is 24.3 Å². The molecule has 102 valence electrons. The molecule has 0 radical (unpaired) electrons. The lowest BCUT2D eigenvalue weighted by atomic mass is 9.87. The van der Waals surface area contributed by atoms with Gasteiger partial charge in [-0.1, -0.05) is 45.0 Å². The standard InChI is InChI=1S/C13H20ClNO2S/c1-13(2,3)12-7-5-11(6-8-12)9-15(4)18(16,17)10-14/h5-8H,9-10H2,1-4H3. The monoisotopic (exact) mass is 289 g/mol. The molecule has 0 aliphatic carbocycles. The average molecular weight is 290 g/mol. The zero-order valence-corrected chi connectivity index (χ0v) is 12.8. The number of rotatable bonds is 4. The van der Waals surface area contributed by atoms with Crippen LogP contribution in [0.2, 0.25) is 0 Å². The van der Waals surface area contributed by atoms with E-state index in [2.05, 4.69) is 20.8 Å². The summed E-state index contributed by atoms with van der Waals surface area (Å²) in [7, 11) is -1.80. The van der Waals surface area contributed by atoms with Gasteiger partial charge in [-0.05, 0) is 16.5 Å². The van der Waals surface area contributed by atoms with Crippen LogP contribution in [0.3, 0.4) is 0 Å². The van der Waals surface area contributed by atoms with Crippen molar-refractivity contribution < 1.29 is 8.42 Å². The van der Waals surface area contributed by atoms with E-state index < -0.39 is 10.0 Å². The quantitative estimate of drug-likeness (QED) is 0.799. The summed E-state index contributed by atoms with van der Waals surface area (Å²) < 4.78 is 24.3. The molecule has 0 aliphatic rings. The fraction of sp³-hybridized carbons (Fsp3) is 0.538. The molecule has 0 heterocycles. The Morgan fingerprint density at radius 1 is 1.17 bits per heavy atom. The van der Waals surface area contributed by atoms with E-state index >= 15 is 0 Å². The topological polar surface area (TPSA) is 37.4 Å². The molecule has 0 aliphatic heterocycles. The van der Waals surface area contributed by atoms with Gasteiger partial charge < -0.3 is 0 Å². The minimum absolute atomic E-state index is 0.104. The molecule has 0 aromatic heterocycles. The molecule has 0 N–H and O–H groups in total. The molecule has 0 amide bonds. The zero-order valence-electron chi connectivity index (χ0n) is 11.3. The first-order chi connectivity index (χ1) is 8.16. The molecule has 0 unspecified atom stereocenters. The van der Waals surface area contributed by atoms with Crippen LogP contribution in [0.1, 0.15) is 31.9 Å². The molecule has 3 nitrogen and oxygen atoms in total. The van der Waals surface area contributed by atoms with Gasteiger partial charge >= 0.3 is 0 Å². The lowest BCUT2D eigenvalue weighted by Crippen LogP contribution is -2.27. The van der Waals surface area contributed by atoms with Gasteiger partial charge in [0, 0.05) is 13.6 Å². The van der Waals surface area contributed by atoms with Gasteiger partial charge in [0.2, 0.25) is 10.0 Å². The highest BCUT2D eigenvalue weighted by molar-refractivity contribution is 7.90. The number of sulfonamides is 1. The highest BCUT2D eigenvalue weighted by Gasteiger charge is 2.17. The second-order valence-electron chi connectivity index (χ2n) is 5.42. The lowest BCUT2D eigenvalue weighted by molar-refractivity contribution is 0.470. The summed E-state index contributed by atoms with van der Waals surface area (Å²) in [4.78, 5) is 0. The Kier molecular flexibility index (Phi) is 4.81. The largest absolute Gasteiger partial charge is 0.228 e. The first-order valence-corrected chi connectivity index (χ1v) is 7.90. The molecule has 0 saturated carbocycles. The highest BCUT2D eigenvalue weighted by atomic mass is 35.5. The Morgan fingerprint density at radius 2 is 1.67 bits per heavy atom. The van der Waals surface area contributed by atoms with Crippen molar-refractivity contribution in [2.45, 2.75) is 32.7 Å². The summed E-state index contributed by atoms with van der Waals surface area (Å²) >= 11 is 5.41. The lowest BCUT2D eigenvalue weighted by Gasteiger charge is -2.20. The molecular formula is C13H20ClNO2S. The maximum absolute atomic E-state index is 11.5. The van der Waals surface area contributed by atoms with Crippen LogP contribution in [-0.2, 0) is 22.0 Å². The van der Waals surface area contributed by atoms with Gasteiger partial charge in [0.1, 0.15) is 5.21 Å². The van der Waals surface area contributed by atoms with Gasteiger partial charge in [0.05, 0.1) is 0 Å². The van der Waals surface area contributed by atoms with Gasteiger partial charge in [-0.15, -0.1) is 11.6 Å². The Labute approximate surface area is 115 Å². The molecule has 18 heavy (non-hydrogen) atoms. The van der Waals surface area contributed by atoms with E-state index in [-0.39, 0.29) is 10.6 Å². The third-order valence-electron chi connectivity index (χ3n) is 2.84. The van der Waals surface area contributed by atoms with Crippen LogP contribution < -0.4 is 0 Å². The second kappa shape index (κ2) is 5.59. The maximum atomic E-state index is 11.5. The molecular weight excluding hydrogens is 270 g/mol. The minimum Gasteiger partial charge on any atom is -0.211 e. The van der Waals surface area contributed by atoms with E-state index in [9.17, 15) is 8.42 Å². The Bertz CT molecular complexity index is 489. The van der Waals surface area contributed by atoms with E-state index in [1.165, 1.54) is 16.9 Å². The number of benzene rings is 1. The van der Waals surface area contributed by atoms with Crippen molar-refractivity contribution in [1.29, 1.82) is 0 Å². The summed E-state index contributed by atoms with van der Waals surface area (Å²) in [5.41, 5.74) is 2.29. The zero-order chi connectivity index (χ0) is 14.0. The third kappa shape index (κ3) is 3.97. The predicted octanol–water partition coefficient (Wildman–Crippen LogP) is 2.94. The van der Waals surface area contributed by atoms with Crippen molar-refractivity contribution in [3.8, 4) is 0 Å². The smallest absolute Gasteiger partial charge is 0.211 e.